The number of para-hydroxylation sites is 1. The van der Waals surface area contributed by atoms with Crippen LogP contribution in [0.4, 0.5) is 5.69 Å². The first-order chi connectivity index (χ1) is 14.8. The highest BCUT2D eigenvalue weighted by Crippen LogP contribution is 2.43. The van der Waals surface area contributed by atoms with Gasteiger partial charge in [0.1, 0.15) is 0 Å². The molecule has 7 heteroatoms. The van der Waals surface area contributed by atoms with E-state index in [0.29, 0.717) is 13.1 Å². The summed E-state index contributed by atoms with van der Waals surface area (Å²) in [5.74, 6) is 0.0609. The fourth-order valence-corrected chi connectivity index (χ4v) is 5.27. The minimum absolute atomic E-state index is 0.0173. The van der Waals surface area contributed by atoms with Gasteiger partial charge in [-0.1, -0.05) is 18.2 Å². The largest absolute Gasteiger partial charge is 0.347 e. The number of nitrogens with one attached hydrogen (secondary N) is 1. The molecule has 31 heavy (non-hydrogen) atoms. The van der Waals surface area contributed by atoms with Gasteiger partial charge in [0.2, 0.25) is 17.7 Å². The minimum Gasteiger partial charge on any atom is -0.347 e. The first kappa shape index (κ1) is 21.8. The van der Waals surface area contributed by atoms with Crippen LogP contribution in [0.25, 0.3) is 0 Å². The van der Waals surface area contributed by atoms with Crippen LogP contribution in [-0.2, 0) is 19.8 Å². The fourth-order valence-electron chi connectivity index (χ4n) is 5.27. The van der Waals surface area contributed by atoms with Crippen molar-refractivity contribution < 1.29 is 14.4 Å². The van der Waals surface area contributed by atoms with E-state index in [2.05, 4.69) is 10.2 Å². The van der Waals surface area contributed by atoms with Crippen LogP contribution in [0.2, 0.25) is 0 Å². The van der Waals surface area contributed by atoms with Crippen molar-refractivity contribution >= 4 is 23.4 Å². The Morgan fingerprint density at radius 1 is 1.10 bits per heavy atom. The maximum absolute atomic E-state index is 13.1. The summed E-state index contributed by atoms with van der Waals surface area (Å²) in [6, 6.07) is 8.13. The first-order valence-electron chi connectivity index (χ1n) is 11.5. The second-order valence-corrected chi connectivity index (χ2v) is 9.75. The van der Waals surface area contributed by atoms with E-state index in [-0.39, 0.29) is 36.2 Å². The zero-order valence-corrected chi connectivity index (χ0v) is 18.9. The number of amides is 3. The lowest BCUT2D eigenvalue weighted by atomic mass is 9.86. The standard InChI is InChI=1S/C24H34N4O3/c1-24(2)19-8-4-5-9-20(19)28(23(24)31)18-10-13-27(14-11-18)21(29)15-25-22(30)17-7-6-12-26(3)16-17/h4-5,8-9,17-18H,6-7,10-16H2,1-3H3,(H,25,30). The Balaban J connectivity index is 1.30. The van der Waals surface area contributed by atoms with Gasteiger partial charge in [-0.15, -0.1) is 0 Å². The predicted molar refractivity (Wildman–Crippen MR) is 120 cm³/mol. The lowest BCUT2D eigenvalue weighted by Crippen LogP contribution is -2.51. The van der Waals surface area contributed by atoms with Crippen LogP contribution in [0.15, 0.2) is 24.3 Å². The normalized spacial score (nSPS) is 24.2. The third-order valence-corrected chi connectivity index (χ3v) is 7.18. The van der Waals surface area contributed by atoms with Crippen molar-refractivity contribution in [2.75, 3.05) is 44.7 Å². The van der Waals surface area contributed by atoms with Gasteiger partial charge in [0.15, 0.2) is 0 Å². The molecule has 0 aliphatic carbocycles. The van der Waals surface area contributed by atoms with E-state index >= 15 is 0 Å². The average molecular weight is 427 g/mol. The molecule has 3 heterocycles. The molecular formula is C24H34N4O3. The summed E-state index contributed by atoms with van der Waals surface area (Å²) in [6.45, 7) is 7.03. The van der Waals surface area contributed by atoms with E-state index < -0.39 is 5.41 Å². The van der Waals surface area contributed by atoms with Gasteiger partial charge in [-0.2, -0.15) is 0 Å². The van der Waals surface area contributed by atoms with Crippen LogP contribution < -0.4 is 10.2 Å². The number of carbonyl (C=O) groups excluding carboxylic acids is 3. The number of likely N-dealkylation sites (tertiary alicyclic amines) is 2. The summed E-state index contributed by atoms with van der Waals surface area (Å²) in [7, 11) is 2.03. The Morgan fingerprint density at radius 3 is 2.52 bits per heavy atom. The molecule has 168 valence electrons. The summed E-state index contributed by atoms with van der Waals surface area (Å²) in [6.07, 6.45) is 3.41. The zero-order chi connectivity index (χ0) is 22.2. The Labute approximate surface area is 184 Å². The van der Waals surface area contributed by atoms with E-state index in [9.17, 15) is 14.4 Å². The Morgan fingerprint density at radius 2 is 1.81 bits per heavy atom. The predicted octanol–water partition coefficient (Wildman–Crippen LogP) is 1.76. The van der Waals surface area contributed by atoms with Crippen LogP contribution in [0.3, 0.4) is 0 Å². The van der Waals surface area contributed by atoms with Crippen molar-refractivity contribution in [3.8, 4) is 0 Å². The van der Waals surface area contributed by atoms with Crippen molar-refractivity contribution in [3.05, 3.63) is 29.8 Å². The summed E-state index contributed by atoms with van der Waals surface area (Å²) < 4.78 is 0. The van der Waals surface area contributed by atoms with Gasteiger partial charge in [-0.25, -0.2) is 0 Å². The first-order valence-corrected chi connectivity index (χ1v) is 11.5. The molecule has 0 bridgehead atoms. The highest BCUT2D eigenvalue weighted by atomic mass is 16.2. The summed E-state index contributed by atoms with van der Waals surface area (Å²) in [4.78, 5) is 44.2. The monoisotopic (exact) mass is 426 g/mol. The third-order valence-electron chi connectivity index (χ3n) is 7.18. The fraction of sp³-hybridized carbons (Fsp3) is 0.625. The van der Waals surface area contributed by atoms with E-state index in [1.807, 2.05) is 55.0 Å². The molecule has 0 spiro atoms. The zero-order valence-electron chi connectivity index (χ0n) is 18.9. The van der Waals surface area contributed by atoms with Crippen LogP contribution in [-0.4, -0.2) is 73.3 Å². The molecule has 1 atom stereocenters. The second-order valence-electron chi connectivity index (χ2n) is 9.75. The molecule has 1 unspecified atom stereocenters. The van der Waals surface area contributed by atoms with Crippen molar-refractivity contribution in [2.45, 2.75) is 51.0 Å². The minimum atomic E-state index is -0.513. The average Bonchev–Trinajstić information content (AvgIpc) is 2.98. The van der Waals surface area contributed by atoms with Crippen LogP contribution in [0, 0.1) is 5.92 Å². The number of benzene rings is 1. The molecule has 0 saturated carbocycles. The van der Waals surface area contributed by atoms with Gasteiger partial charge in [0.25, 0.3) is 0 Å². The highest BCUT2D eigenvalue weighted by Gasteiger charge is 2.46. The number of hydrogen-bond acceptors (Lipinski definition) is 4. The van der Waals surface area contributed by atoms with Gasteiger partial charge < -0.3 is 20.0 Å². The quantitative estimate of drug-likeness (QED) is 0.796. The number of carbonyl (C=O) groups is 3. The lowest BCUT2D eigenvalue weighted by Gasteiger charge is -2.37. The van der Waals surface area contributed by atoms with E-state index in [1.54, 1.807) is 0 Å². The van der Waals surface area contributed by atoms with Gasteiger partial charge >= 0.3 is 0 Å². The number of hydrogen-bond donors (Lipinski definition) is 1. The molecule has 2 fully saturated rings. The molecule has 7 nitrogen and oxygen atoms in total. The maximum Gasteiger partial charge on any atom is 0.241 e. The number of anilines is 1. The summed E-state index contributed by atoms with van der Waals surface area (Å²) in [5.41, 5.74) is 1.57. The molecule has 1 aromatic rings. The molecule has 3 amide bonds. The second kappa shape index (κ2) is 8.61. The van der Waals surface area contributed by atoms with Crippen molar-refractivity contribution in [1.82, 2.24) is 15.1 Å². The number of fused-ring (bicyclic) bond motifs is 1. The third kappa shape index (κ3) is 4.20. The smallest absolute Gasteiger partial charge is 0.241 e. The number of rotatable bonds is 4. The van der Waals surface area contributed by atoms with Gasteiger partial charge in [0.05, 0.1) is 17.9 Å². The van der Waals surface area contributed by atoms with Crippen LogP contribution in [0.1, 0.15) is 45.1 Å². The topological polar surface area (TPSA) is 73.0 Å². The van der Waals surface area contributed by atoms with Gasteiger partial charge in [-0.3, -0.25) is 14.4 Å². The highest BCUT2D eigenvalue weighted by molar-refractivity contribution is 6.08. The van der Waals surface area contributed by atoms with Crippen molar-refractivity contribution in [2.24, 2.45) is 5.92 Å². The van der Waals surface area contributed by atoms with E-state index in [0.717, 1.165) is 50.0 Å². The Hall–Kier alpha value is -2.41. The molecule has 1 N–H and O–H groups in total. The lowest BCUT2D eigenvalue weighted by molar-refractivity contribution is -0.135. The summed E-state index contributed by atoms with van der Waals surface area (Å²) >= 11 is 0. The van der Waals surface area contributed by atoms with Crippen molar-refractivity contribution in [1.29, 1.82) is 0 Å². The number of nitrogens with zero attached hydrogens (tertiary/aromatic N) is 3. The molecule has 2 saturated heterocycles. The van der Waals surface area contributed by atoms with Crippen LogP contribution >= 0.6 is 0 Å². The van der Waals surface area contributed by atoms with Crippen LogP contribution in [0.5, 0.6) is 0 Å². The molecular weight excluding hydrogens is 392 g/mol. The maximum atomic E-state index is 13.1. The Kier molecular flexibility index (Phi) is 6.06. The SMILES string of the molecule is CN1CCCC(C(=O)NCC(=O)N2CCC(N3C(=O)C(C)(C)c4ccccc43)CC2)C1. The Bertz CT molecular complexity index is 860. The molecule has 0 aromatic heterocycles. The molecule has 3 aliphatic rings. The van der Waals surface area contributed by atoms with E-state index in [1.165, 1.54) is 0 Å². The molecule has 1 aromatic carbocycles. The van der Waals surface area contributed by atoms with Gasteiger partial charge in [-0.05, 0) is 64.8 Å². The molecule has 4 rings (SSSR count). The van der Waals surface area contributed by atoms with Gasteiger partial charge in [0, 0.05) is 31.4 Å². The molecule has 0 radical (unpaired) electrons. The van der Waals surface area contributed by atoms with E-state index in [4.69, 9.17) is 0 Å². The number of piperidine rings is 2. The molecule has 3 aliphatic heterocycles. The van der Waals surface area contributed by atoms with Crippen molar-refractivity contribution in [3.63, 3.8) is 0 Å². The summed E-state index contributed by atoms with van der Waals surface area (Å²) in [5, 5.41) is 2.85.